The second kappa shape index (κ2) is 8.03. The van der Waals surface area contributed by atoms with Gasteiger partial charge in [-0.1, -0.05) is 24.3 Å². The van der Waals surface area contributed by atoms with Crippen LogP contribution < -0.4 is 4.74 Å². The molecule has 0 aliphatic carbocycles. The number of hydrogen-bond donors (Lipinski definition) is 0. The summed E-state index contributed by atoms with van der Waals surface area (Å²) in [6, 6.07) is 14.3. The van der Waals surface area contributed by atoms with E-state index in [1.807, 2.05) is 24.3 Å². The Kier molecular flexibility index (Phi) is 5.54. The van der Waals surface area contributed by atoms with E-state index in [0.29, 0.717) is 24.1 Å². The first kappa shape index (κ1) is 18.6. The summed E-state index contributed by atoms with van der Waals surface area (Å²) in [5.41, 5.74) is 1.88. The van der Waals surface area contributed by atoms with Gasteiger partial charge in [0.25, 0.3) is 11.8 Å². The molecule has 2 aromatic carbocycles. The van der Waals surface area contributed by atoms with Crippen LogP contribution in [0.1, 0.15) is 39.1 Å². The lowest BCUT2D eigenvalue weighted by Crippen LogP contribution is -2.32. The zero-order valence-corrected chi connectivity index (χ0v) is 15.5. The normalized spacial score (nSPS) is 12.9. The third kappa shape index (κ3) is 4.00. The third-order valence-corrected chi connectivity index (χ3v) is 4.66. The van der Waals surface area contributed by atoms with Crippen molar-refractivity contribution in [3.05, 3.63) is 65.2 Å². The summed E-state index contributed by atoms with van der Waals surface area (Å²) >= 11 is 0. The fourth-order valence-electron chi connectivity index (χ4n) is 3.11. The number of imide groups is 1. The van der Waals surface area contributed by atoms with Crippen molar-refractivity contribution in [1.29, 1.82) is 0 Å². The molecular formula is C21H22N2O4. The molecule has 0 radical (unpaired) electrons. The lowest BCUT2D eigenvalue weighted by molar-refractivity contribution is -0.130. The molecule has 0 saturated carbocycles. The molecule has 1 heterocycles. The van der Waals surface area contributed by atoms with Gasteiger partial charge in [-0.2, -0.15) is 0 Å². The van der Waals surface area contributed by atoms with Crippen LogP contribution >= 0.6 is 0 Å². The molecule has 0 unspecified atom stereocenters. The lowest BCUT2D eigenvalue weighted by atomic mass is 10.1. The fourth-order valence-corrected chi connectivity index (χ4v) is 3.11. The number of hydrogen-bond acceptors (Lipinski definition) is 4. The molecule has 0 aromatic heterocycles. The Labute approximate surface area is 158 Å². The van der Waals surface area contributed by atoms with Gasteiger partial charge < -0.3 is 9.64 Å². The summed E-state index contributed by atoms with van der Waals surface area (Å²) in [4.78, 5) is 39.8. The Morgan fingerprint density at radius 2 is 1.59 bits per heavy atom. The quantitative estimate of drug-likeness (QED) is 0.707. The number of benzene rings is 2. The Bertz CT molecular complexity index is 826. The van der Waals surface area contributed by atoms with E-state index in [1.54, 1.807) is 43.3 Å². The van der Waals surface area contributed by atoms with E-state index >= 15 is 0 Å². The first-order valence-corrected chi connectivity index (χ1v) is 8.83. The van der Waals surface area contributed by atoms with Crippen molar-refractivity contribution < 1.29 is 19.1 Å². The standard InChI is InChI=1S/C21H22N2O4/c1-22(14-15-9-11-16(27-2)12-10-15)19(24)8-5-13-23-20(25)17-6-3-4-7-18(17)21(23)26/h3-4,6-7,9-12H,5,8,13-14H2,1-2H3. The largest absolute Gasteiger partial charge is 0.497 e. The molecule has 140 valence electrons. The SMILES string of the molecule is COc1ccc(CN(C)C(=O)CCCN2C(=O)c3ccccc3C2=O)cc1. The molecule has 0 spiro atoms. The van der Waals surface area contributed by atoms with Gasteiger partial charge in [-0.25, -0.2) is 0 Å². The summed E-state index contributed by atoms with van der Waals surface area (Å²) in [5.74, 6) is 0.181. The zero-order valence-electron chi connectivity index (χ0n) is 15.5. The predicted molar refractivity (Wildman–Crippen MR) is 101 cm³/mol. The van der Waals surface area contributed by atoms with E-state index in [9.17, 15) is 14.4 Å². The summed E-state index contributed by atoms with van der Waals surface area (Å²) in [6.45, 7) is 0.740. The zero-order chi connectivity index (χ0) is 19.4. The highest BCUT2D eigenvalue weighted by Gasteiger charge is 2.34. The third-order valence-electron chi connectivity index (χ3n) is 4.66. The van der Waals surface area contributed by atoms with Crippen LogP contribution in [0.5, 0.6) is 5.75 Å². The number of ether oxygens (including phenoxy) is 1. The number of amides is 3. The molecule has 0 fully saturated rings. The molecule has 3 amide bonds. The average Bonchev–Trinajstić information content (AvgIpc) is 2.93. The first-order chi connectivity index (χ1) is 13.0. The highest BCUT2D eigenvalue weighted by Crippen LogP contribution is 2.22. The molecule has 1 aliphatic rings. The molecule has 3 rings (SSSR count). The summed E-state index contributed by atoms with van der Waals surface area (Å²) < 4.78 is 5.12. The van der Waals surface area contributed by atoms with Crippen molar-refractivity contribution in [2.24, 2.45) is 0 Å². The van der Waals surface area contributed by atoms with Crippen LogP contribution in [0.25, 0.3) is 0 Å². The van der Waals surface area contributed by atoms with Gasteiger partial charge >= 0.3 is 0 Å². The van der Waals surface area contributed by atoms with Crippen LogP contribution in [0.3, 0.4) is 0 Å². The number of carbonyl (C=O) groups excluding carboxylic acids is 3. The molecule has 0 N–H and O–H groups in total. The minimum Gasteiger partial charge on any atom is -0.497 e. The highest BCUT2D eigenvalue weighted by atomic mass is 16.5. The lowest BCUT2D eigenvalue weighted by Gasteiger charge is -2.19. The molecule has 2 aromatic rings. The summed E-state index contributed by atoms with van der Waals surface area (Å²) in [7, 11) is 3.35. The molecule has 27 heavy (non-hydrogen) atoms. The van der Waals surface area contributed by atoms with Crippen molar-refractivity contribution in [1.82, 2.24) is 9.80 Å². The Balaban J connectivity index is 1.49. The number of carbonyl (C=O) groups is 3. The number of nitrogens with zero attached hydrogens (tertiary/aromatic N) is 2. The average molecular weight is 366 g/mol. The maximum absolute atomic E-state index is 12.3. The Hall–Kier alpha value is -3.15. The van der Waals surface area contributed by atoms with Gasteiger partial charge in [0, 0.05) is 26.6 Å². The summed E-state index contributed by atoms with van der Waals surface area (Å²) in [5, 5.41) is 0. The van der Waals surface area contributed by atoms with Crippen LogP contribution in [0.2, 0.25) is 0 Å². The predicted octanol–water partition coefficient (Wildman–Crippen LogP) is 2.73. The number of rotatable bonds is 7. The minimum absolute atomic E-state index is 0.0255. The Morgan fingerprint density at radius 3 is 2.15 bits per heavy atom. The van der Waals surface area contributed by atoms with Gasteiger partial charge in [-0.15, -0.1) is 0 Å². The van der Waals surface area contributed by atoms with Crippen LogP contribution in [-0.4, -0.2) is 48.2 Å². The van der Waals surface area contributed by atoms with Gasteiger partial charge in [0.2, 0.25) is 5.91 Å². The molecule has 1 aliphatic heterocycles. The topological polar surface area (TPSA) is 66.9 Å². The van der Waals surface area contributed by atoms with Crippen LogP contribution in [-0.2, 0) is 11.3 Å². The number of methoxy groups -OCH3 is 1. The van der Waals surface area contributed by atoms with E-state index in [2.05, 4.69) is 0 Å². The van der Waals surface area contributed by atoms with Crippen molar-refractivity contribution in [2.75, 3.05) is 20.7 Å². The van der Waals surface area contributed by atoms with Gasteiger partial charge in [-0.05, 0) is 36.2 Å². The number of fused-ring (bicyclic) bond motifs is 1. The molecule has 0 atom stereocenters. The maximum atomic E-state index is 12.3. The second-order valence-corrected chi connectivity index (χ2v) is 6.51. The Morgan fingerprint density at radius 1 is 1.00 bits per heavy atom. The van der Waals surface area contributed by atoms with E-state index in [0.717, 1.165) is 11.3 Å². The van der Waals surface area contributed by atoms with Crippen molar-refractivity contribution in [3.63, 3.8) is 0 Å². The van der Waals surface area contributed by atoms with Gasteiger partial charge in [0.05, 0.1) is 18.2 Å². The van der Waals surface area contributed by atoms with E-state index in [-0.39, 0.29) is 30.7 Å². The van der Waals surface area contributed by atoms with Crippen LogP contribution in [0.15, 0.2) is 48.5 Å². The molecule has 0 bridgehead atoms. The van der Waals surface area contributed by atoms with Gasteiger partial charge in [-0.3, -0.25) is 19.3 Å². The van der Waals surface area contributed by atoms with E-state index in [1.165, 1.54) is 4.90 Å². The molecule has 6 nitrogen and oxygen atoms in total. The van der Waals surface area contributed by atoms with Gasteiger partial charge in [0.1, 0.15) is 5.75 Å². The fraction of sp³-hybridized carbons (Fsp3) is 0.286. The van der Waals surface area contributed by atoms with E-state index in [4.69, 9.17) is 4.74 Å². The van der Waals surface area contributed by atoms with Crippen LogP contribution in [0, 0.1) is 0 Å². The van der Waals surface area contributed by atoms with Crippen molar-refractivity contribution in [3.8, 4) is 5.75 Å². The molecule has 6 heteroatoms. The molecule has 0 saturated heterocycles. The minimum atomic E-state index is -0.283. The van der Waals surface area contributed by atoms with Crippen molar-refractivity contribution in [2.45, 2.75) is 19.4 Å². The van der Waals surface area contributed by atoms with Crippen molar-refractivity contribution >= 4 is 17.7 Å². The molecular weight excluding hydrogens is 344 g/mol. The smallest absolute Gasteiger partial charge is 0.261 e. The second-order valence-electron chi connectivity index (χ2n) is 6.51. The highest BCUT2D eigenvalue weighted by molar-refractivity contribution is 6.21. The monoisotopic (exact) mass is 366 g/mol. The summed E-state index contributed by atoms with van der Waals surface area (Å²) in [6.07, 6.45) is 0.720. The van der Waals surface area contributed by atoms with Crippen LogP contribution in [0.4, 0.5) is 0 Å². The first-order valence-electron chi connectivity index (χ1n) is 8.83. The maximum Gasteiger partial charge on any atom is 0.261 e. The van der Waals surface area contributed by atoms with E-state index < -0.39 is 0 Å². The van der Waals surface area contributed by atoms with Gasteiger partial charge in [0.15, 0.2) is 0 Å².